The molecule has 2 aromatic heterocycles. The Morgan fingerprint density at radius 1 is 1.46 bits per heavy atom. The monoisotopic (exact) mass is 209 g/mol. The van der Waals surface area contributed by atoms with Crippen molar-refractivity contribution >= 4 is 27.7 Å². The molecule has 13 heavy (non-hydrogen) atoms. The maximum atomic E-state index is 5.93. The second-order valence-corrected chi connectivity index (χ2v) is 4.94. The molecule has 0 saturated carbocycles. The molecule has 68 valence electrons. The van der Waals surface area contributed by atoms with Gasteiger partial charge in [-0.2, -0.15) is 0 Å². The maximum Gasteiger partial charge on any atom is 0.0947 e. The maximum absolute atomic E-state index is 5.93. The van der Waals surface area contributed by atoms with Crippen LogP contribution in [0.2, 0.25) is 0 Å². The highest BCUT2D eigenvalue weighted by atomic mass is 32.1. The van der Waals surface area contributed by atoms with Gasteiger partial charge < -0.3 is 5.73 Å². The van der Waals surface area contributed by atoms with Crippen LogP contribution >= 0.6 is 22.7 Å². The third-order valence-electron chi connectivity index (χ3n) is 1.95. The van der Waals surface area contributed by atoms with Gasteiger partial charge >= 0.3 is 0 Å². The first-order valence-electron chi connectivity index (χ1n) is 4.23. The van der Waals surface area contributed by atoms with Gasteiger partial charge in [0.25, 0.3) is 0 Å². The molecular formula is C10H11NS2. The standard InChI is InChI=1S/C10H11NS2/c1-2-7-6-8(10(11)13-7)9-4-3-5-12-9/h3-6H,2,11H2,1H3. The summed E-state index contributed by atoms with van der Waals surface area (Å²) in [5.74, 6) is 0. The minimum atomic E-state index is 0.944. The van der Waals surface area contributed by atoms with Crippen molar-refractivity contribution in [2.24, 2.45) is 0 Å². The molecular weight excluding hydrogens is 198 g/mol. The zero-order valence-electron chi connectivity index (χ0n) is 7.41. The van der Waals surface area contributed by atoms with E-state index in [-0.39, 0.29) is 0 Å². The van der Waals surface area contributed by atoms with E-state index in [1.54, 1.807) is 22.7 Å². The number of nitrogen functional groups attached to an aromatic ring is 1. The fraction of sp³-hybridized carbons (Fsp3) is 0.200. The number of hydrogen-bond donors (Lipinski definition) is 1. The van der Waals surface area contributed by atoms with Crippen LogP contribution in [0.25, 0.3) is 10.4 Å². The van der Waals surface area contributed by atoms with Gasteiger partial charge in [0.05, 0.1) is 5.00 Å². The second-order valence-electron chi connectivity index (χ2n) is 2.82. The lowest BCUT2D eigenvalue weighted by Gasteiger charge is -1.92. The van der Waals surface area contributed by atoms with Crippen LogP contribution in [0, 0.1) is 0 Å². The number of anilines is 1. The van der Waals surface area contributed by atoms with Crippen LogP contribution in [0.1, 0.15) is 11.8 Å². The highest BCUT2D eigenvalue weighted by Gasteiger charge is 2.07. The van der Waals surface area contributed by atoms with Gasteiger partial charge in [-0.3, -0.25) is 0 Å². The number of rotatable bonds is 2. The number of nitrogens with two attached hydrogens (primary N) is 1. The van der Waals surface area contributed by atoms with Gasteiger partial charge in [-0.1, -0.05) is 13.0 Å². The summed E-state index contributed by atoms with van der Waals surface area (Å²) in [5, 5.41) is 3.03. The van der Waals surface area contributed by atoms with E-state index in [1.165, 1.54) is 15.3 Å². The molecule has 2 rings (SSSR count). The van der Waals surface area contributed by atoms with E-state index in [1.807, 2.05) is 0 Å². The van der Waals surface area contributed by atoms with E-state index in [9.17, 15) is 0 Å². The first-order chi connectivity index (χ1) is 6.31. The molecule has 0 unspecified atom stereocenters. The summed E-state index contributed by atoms with van der Waals surface area (Å²) >= 11 is 3.44. The van der Waals surface area contributed by atoms with Crippen LogP contribution in [0.5, 0.6) is 0 Å². The van der Waals surface area contributed by atoms with Crippen molar-refractivity contribution in [1.29, 1.82) is 0 Å². The molecule has 0 aliphatic heterocycles. The summed E-state index contributed by atoms with van der Waals surface area (Å²) in [7, 11) is 0. The topological polar surface area (TPSA) is 26.0 Å². The molecule has 3 heteroatoms. The quantitative estimate of drug-likeness (QED) is 0.803. The summed E-state index contributed by atoms with van der Waals surface area (Å²) in [4.78, 5) is 2.63. The van der Waals surface area contributed by atoms with Crippen molar-refractivity contribution in [3.05, 3.63) is 28.5 Å². The predicted molar refractivity (Wildman–Crippen MR) is 61.4 cm³/mol. The highest BCUT2D eigenvalue weighted by Crippen LogP contribution is 2.36. The van der Waals surface area contributed by atoms with Gasteiger partial charge in [0.15, 0.2) is 0 Å². The molecule has 0 aliphatic carbocycles. The molecule has 0 aromatic carbocycles. The molecule has 0 radical (unpaired) electrons. The fourth-order valence-electron chi connectivity index (χ4n) is 1.26. The van der Waals surface area contributed by atoms with Crippen molar-refractivity contribution < 1.29 is 0 Å². The Morgan fingerprint density at radius 3 is 2.85 bits per heavy atom. The van der Waals surface area contributed by atoms with E-state index in [4.69, 9.17) is 5.73 Å². The summed E-state index contributed by atoms with van der Waals surface area (Å²) in [6.07, 6.45) is 1.07. The lowest BCUT2D eigenvalue weighted by atomic mass is 10.2. The summed E-state index contributed by atoms with van der Waals surface area (Å²) in [6, 6.07) is 6.37. The van der Waals surface area contributed by atoms with Gasteiger partial charge in [-0.15, -0.1) is 22.7 Å². The number of aryl methyl sites for hydroxylation is 1. The molecule has 1 nitrogen and oxygen atoms in total. The molecule has 2 heterocycles. The second kappa shape index (κ2) is 3.52. The minimum absolute atomic E-state index is 0.944. The van der Waals surface area contributed by atoms with Crippen molar-refractivity contribution in [2.45, 2.75) is 13.3 Å². The normalized spacial score (nSPS) is 10.5. The molecule has 0 fully saturated rings. The molecule has 0 saturated heterocycles. The van der Waals surface area contributed by atoms with E-state index in [2.05, 4.69) is 30.5 Å². The average Bonchev–Trinajstić information content (AvgIpc) is 2.72. The fourth-order valence-corrected chi connectivity index (χ4v) is 2.96. The Kier molecular flexibility index (Phi) is 2.38. The molecule has 0 aliphatic rings. The van der Waals surface area contributed by atoms with Crippen molar-refractivity contribution in [2.75, 3.05) is 5.73 Å². The summed E-state index contributed by atoms with van der Waals surface area (Å²) in [6.45, 7) is 2.16. The predicted octanol–water partition coefficient (Wildman–Crippen LogP) is 3.62. The third-order valence-corrected chi connectivity index (χ3v) is 3.96. The van der Waals surface area contributed by atoms with Gasteiger partial charge in [0, 0.05) is 15.3 Å². The molecule has 0 atom stereocenters. The lowest BCUT2D eigenvalue weighted by molar-refractivity contribution is 1.19. The van der Waals surface area contributed by atoms with Crippen molar-refractivity contribution in [1.82, 2.24) is 0 Å². The third kappa shape index (κ3) is 1.62. The van der Waals surface area contributed by atoms with Crippen molar-refractivity contribution in [3.63, 3.8) is 0 Å². The largest absolute Gasteiger partial charge is 0.390 e. The molecule has 2 aromatic rings. The van der Waals surface area contributed by atoms with Crippen LogP contribution in [0.4, 0.5) is 5.00 Å². The van der Waals surface area contributed by atoms with Crippen LogP contribution < -0.4 is 5.73 Å². The van der Waals surface area contributed by atoms with Gasteiger partial charge in [-0.25, -0.2) is 0 Å². The van der Waals surface area contributed by atoms with Gasteiger partial charge in [0.1, 0.15) is 0 Å². The first-order valence-corrected chi connectivity index (χ1v) is 5.93. The number of thiophene rings is 2. The Morgan fingerprint density at radius 2 is 2.31 bits per heavy atom. The molecule has 0 amide bonds. The van der Waals surface area contributed by atoms with E-state index >= 15 is 0 Å². The smallest absolute Gasteiger partial charge is 0.0947 e. The Labute approximate surface area is 85.8 Å². The zero-order chi connectivity index (χ0) is 9.26. The minimum Gasteiger partial charge on any atom is -0.390 e. The Balaban J connectivity index is 2.46. The lowest BCUT2D eigenvalue weighted by Crippen LogP contribution is -1.79. The molecule has 0 spiro atoms. The van der Waals surface area contributed by atoms with Crippen LogP contribution in [-0.4, -0.2) is 0 Å². The van der Waals surface area contributed by atoms with E-state index < -0.39 is 0 Å². The van der Waals surface area contributed by atoms with Crippen LogP contribution in [0.3, 0.4) is 0 Å². The summed E-state index contributed by atoms with van der Waals surface area (Å²) in [5.41, 5.74) is 7.14. The summed E-state index contributed by atoms with van der Waals surface area (Å²) < 4.78 is 0. The van der Waals surface area contributed by atoms with Crippen molar-refractivity contribution in [3.8, 4) is 10.4 Å². The number of hydrogen-bond acceptors (Lipinski definition) is 3. The molecule has 2 N–H and O–H groups in total. The van der Waals surface area contributed by atoms with E-state index in [0.717, 1.165) is 11.4 Å². The van der Waals surface area contributed by atoms with Crippen LogP contribution in [0.15, 0.2) is 23.6 Å². The van der Waals surface area contributed by atoms with Gasteiger partial charge in [-0.05, 0) is 23.9 Å². The Bertz CT molecular complexity index is 387. The average molecular weight is 209 g/mol. The SMILES string of the molecule is CCc1cc(-c2cccs2)c(N)s1. The van der Waals surface area contributed by atoms with Gasteiger partial charge in [0.2, 0.25) is 0 Å². The Hall–Kier alpha value is -0.800. The highest BCUT2D eigenvalue weighted by molar-refractivity contribution is 7.18. The zero-order valence-corrected chi connectivity index (χ0v) is 9.04. The molecule has 0 bridgehead atoms. The van der Waals surface area contributed by atoms with E-state index in [0.29, 0.717) is 0 Å². The van der Waals surface area contributed by atoms with Crippen LogP contribution in [-0.2, 0) is 6.42 Å². The first kappa shape index (κ1) is 8.78.